The quantitative estimate of drug-likeness (QED) is 0.612. The van der Waals surface area contributed by atoms with Gasteiger partial charge in [0.25, 0.3) is 5.91 Å². The Morgan fingerprint density at radius 2 is 1.96 bits per heavy atom. The number of amides is 1. The van der Waals surface area contributed by atoms with Crippen LogP contribution in [0, 0.1) is 0 Å². The minimum atomic E-state index is -0.563. The summed E-state index contributed by atoms with van der Waals surface area (Å²) in [4.78, 5) is 27.9. The van der Waals surface area contributed by atoms with Gasteiger partial charge in [-0.3, -0.25) is 4.79 Å². The normalized spacial score (nSPS) is 10.1. The van der Waals surface area contributed by atoms with Crippen LogP contribution >= 0.6 is 11.8 Å². The van der Waals surface area contributed by atoms with Crippen molar-refractivity contribution in [2.24, 2.45) is 0 Å². The lowest BCUT2D eigenvalue weighted by molar-refractivity contribution is -0.124. The number of thioether (sulfide) groups is 1. The molecule has 24 heavy (non-hydrogen) atoms. The number of rotatable bonds is 7. The second-order valence-electron chi connectivity index (χ2n) is 4.76. The molecule has 2 aromatic rings. The van der Waals surface area contributed by atoms with Crippen LogP contribution in [0.4, 0.5) is 0 Å². The molecular weight excluding hydrogens is 328 g/mol. The van der Waals surface area contributed by atoms with Gasteiger partial charge in [0.2, 0.25) is 0 Å². The molecule has 0 saturated heterocycles. The van der Waals surface area contributed by atoms with Gasteiger partial charge in [0.15, 0.2) is 6.61 Å². The molecule has 0 bridgehead atoms. The summed E-state index contributed by atoms with van der Waals surface area (Å²) in [6.45, 7) is 0.0149. The Morgan fingerprint density at radius 3 is 2.62 bits per heavy atom. The van der Waals surface area contributed by atoms with Crippen LogP contribution in [-0.2, 0) is 16.1 Å². The number of pyridine rings is 1. The minimum absolute atomic E-state index is 0.336. The molecule has 0 aliphatic heterocycles. The van der Waals surface area contributed by atoms with Crippen LogP contribution in [0.25, 0.3) is 0 Å². The molecule has 0 radical (unpaired) electrons. The van der Waals surface area contributed by atoms with E-state index in [1.807, 2.05) is 30.5 Å². The summed E-state index contributed by atoms with van der Waals surface area (Å²) in [5, 5.41) is 3.26. The van der Waals surface area contributed by atoms with Crippen molar-refractivity contribution < 1.29 is 19.1 Å². The maximum atomic E-state index is 12.0. The van der Waals surface area contributed by atoms with Crippen LogP contribution in [0.15, 0.2) is 47.6 Å². The number of nitrogens with zero attached hydrogens (tertiary/aromatic N) is 1. The van der Waals surface area contributed by atoms with Gasteiger partial charge in [0.05, 0.1) is 12.7 Å². The zero-order chi connectivity index (χ0) is 17.4. The third-order valence-corrected chi connectivity index (χ3v) is 3.88. The van der Waals surface area contributed by atoms with Gasteiger partial charge in [-0.25, -0.2) is 9.78 Å². The first-order valence-corrected chi connectivity index (χ1v) is 8.42. The van der Waals surface area contributed by atoms with Gasteiger partial charge < -0.3 is 14.8 Å². The Hall–Kier alpha value is -2.54. The van der Waals surface area contributed by atoms with Crippen molar-refractivity contribution >= 4 is 23.6 Å². The van der Waals surface area contributed by atoms with E-state index < -0.39 is 5.97 Å². The van der Waals surface area contributed by atoms with Gasteiger partial charge in [-0.05, 0) is 36.1 Å². The van der Waals surface area contributed by atoms with Crippen LogP contribution < -0.4 is 10.1 Å². The number of nitrogens with one attached hydrogen (secondary N) is 1. The Morgan fingerprint density at radius 1 is 1.21 bits per heavy atom. The summed E-state index contributed by atoms with van der Waals surface area (Å²) < 4.78 is 10.1. The van der Waals surface area contributed by atoms with Crippen molar-refractivity contribution in [3.63, 3.8) is 0 Å². The molecule has 0 aliphatic rings. The minimum Gasteiger partial charge on any atom is -0.497 e. The molecule has 0 saturated carbocycles. The molecule has 1 heterocycles. The third-order valence-electron chi connectivity index (χ3n) is 3.17. The average Bonchev–Trinajstić information content (AvgIpc) is 2.64. The molecule has 0 spiro atoms. The number of carbonyl (C=O) groups excluding carboxylic acids is 2. The lowest BCUT2D eigenvalue weighted by atomic mass is 10.2. The topological polar surface area (TPSA) is 77.5 Å². The number of carbonyl (C=O) groups is 2. The maximum Gasteiger partial charge on any atom is 0.341 e. The van der Waals surface area contributed by atoms with Gasteiger partial charge >= 0.3 is 5.97 Å². The number of aromatic nitrogens is 1. The van der Waals surface area contributed by atoms with E-state index in [2.05, 4.69) is 10.3 Å². The summed E-state index contributed by atoms with van der Waals surface area (Å²) in [6.07, 6.45) is 3.42. The Kier molecular flexibility index (Phi) is 6.62. The van der Waals surface area contributed by atoms with Crippen LogP contribution in [0.1, 0.15) is 15.9 Å². The highest BCUT2D eigenvalue weighted by molar-refractivity contribution is 7.98. The van der Waals surface area contributed by atoms with E-state index in [4.69, 9.17) is 9.47 Å². The molecule has 1 amide bonds. The van der Waals surface area contributed by atoms with Crippen molar-refractivity contribution in [1.82, 2.24) is 10.3 Å². The van der Waals surface area contributed by atoms with Crippen molar-refractivity contribution in [2.45, 2.75) is 11.6 Å². The fourth-order valence-corrected chi connectivity index (χ4v) is 2.45. The highest BCUT2D eigenvalue weighted by Crippen LogP contribution is 2.17. The van der Waals surface area contributed by atoms with E-state index in [1.165, 1.54) is 11.8 Å². The fraction of sp³-hybridized carbons (Fsp3) is 0.235. The summed E-state index contributed by atoms with van der Waals surface area (Å²) in [5.41, 5.74) is 1.28. The summed E-state index contributed by atoms with van der Waals surface area (Å²) in [6, 6.07) is 10.6. The Labute approximate surface area is 144 Å². The number of esters is 1. The van der Waals surface area contributed by atoms with E-state index in [0.29, 0.717) is 17.1 Å². The van der Waals surface area contributed by atoms with Crippen LogP contribution in [0.5, 0.6) is 5.75 Å². The monoisotopic (exact) mass is 346 g/mol. The molecule has 7 heteroatoms. The lowest BCUT2D eigenvalue weighted by Crippen LogP contribution is -2.28. The molecule has 1 aromatic heterocycles. The van der Waals surface area contributed by atoms with Crippen LogP contribution in [0.3, 0.4) is 0 Å². The zero-order valence-corrected chi connectivity index (χ0v) is 14.3. The predicted octanol–water partition coefficient (Wildman–Crippen LogP) is 2.29. The molecular formula is C17H18N2O4S. The molecule has 2 rings (SSSR count). The zero-order valence-electron chi connectivity index (χ0n) is 13.4. The standard InChI is InChI=1S/C17H18N2O4S/c1-22-13-7-5-12(6-8-13)10-19-15(20)11-23-17(21)14-4-3-9-18-16(14)24-2/h3-9H,10-11H2,1-2H3,(H,19,20). The third kappa shape index (κ3) is 4.99. The van der Waals surface area contributed by atoms with Crippen molar-refractivity contribution in [2.75, 3.05) is 20.0 Å². The molecule has 0 fully saturated rings. The number of benzene rings is 1. The first kappa shape index (κ1) is 17.8. The smallest absolute Gasteiger partial charge is 0.341 e. The van der Waals surface area contributed by atoms with E-state index in [1.54, 1.807) is 25.4 Å². The van der Waals surface area contributed by atoms with E-state index in [9.17, 15) is 9.59 Å². The summed E-state index contributed by atoms with van der Waals surface area (Å²) >= 11 is 1.35. The highest BCUT2D eigenvalue weighted by atomic mass is 32.2. The predicted molar refractivity (Wildman–Crippen MR) is 91.1 cm³/mol. The van der Waals surface area contributed by atoms with Gasteiger partial charge in [-0.2, -0.15) is 0 Å². The van der Waals surface area contributed by atoms with Crippen LogP contribution in [-0.4, -0.2) is 36.8 Å². The van der Waals surface area contributed by atoms with Crippen molar-refractivity contribution in [1.29, 1.82) is 0 Å². The molecule has 1 aromatic carbocycles. The molecule has 1 N–H and O–H groups in total. The molecule has 6 nitrogen and oxygen atoms in total. The van der Waals surface area contributed by atoms with E-state index >= 15 is 0 Å². The van der Waals surface area contributed by atoms with Crippen molar-refractivity contribution in [3.05, 3.63) is 53.7 Å². The van der Waals surface area contributed by atoms with E-state index in [0.717, 1.165) is 11.3 Å². The average molecular weight is 346 g/mol. The Balaban J connectivity index is 1.81. The van der Waals surface area contributed by atoms with Gasteiger partial charge in [-0.15, -0.1) is 11.8 Å². The summed E-state index contributed by atoms with van der Waals surface area (Å²) in [7, 11) is 1.59. The number of methoxy groups -OCH3 is 1. The van der Waals surface area contributed by atoms with Crippen molar-refractivity contribution in [3.8, 4) is 5.75 Å². The lowest BCUT2D eigenvalue weighted by Gasteiger charge is -2.08. The van der Waals surface area contributed by atoms with E-state index in [-0.39, 0.29) is 12.5 Å². The molecule has 0 aliphatic carbocycles. The first-order chi connectivity index (χ1) is 11.6. The second kappa shape index (κ2) is 8.93. The van der Waals surface area contributed by atoms with Gasteiger partial charge in [-0.1, -0.05) is 12.1 Å². The SMILES string of the molecule is COc1ccc(CNC(=O)COC(=O)c2cccnc2SC)cc1. The number of hydrogen-bond acceptors (Lipinski definition) is 6. The Bertz CT molecular complexity index is 704. The molecule has 0 unspecified atom stereocenters. The van der Waals surface area contributed by atoms with Gasteiger partial charge in [0, 0.05) is 12.7 Å². The highest BCUT2D eigenvalue weighted by Gasteiger charge is 2.14. The molecule has 0 atom stereocenters. The fourth-order valence-electron chi connectivity index (χ4n) is 1.91. The summed E-state index contributed by atoms with van der Waals surface area (Å²) in [5.74, 6) is -0.180. The second-order valence-corrected chi connectivity index (χ2v) is 5.56. The first-order valence-electron chi connectivity index (χ1n) is 7.19. The molecule has 126 valence electrons. The number of ether oxygens (including phenoxy) is 2. The largest absolute Gasteiger partial charge is 0.497 e. The van der Waals surface area contributed by atoms with Crippen LogP contribution in [0.2, 0.25) is 0 Å². The number of hydrogen-bond donors (Lipinski definition) is 1. The maximum absolute atomic E-state index is 12.0. The van der Waals surface area contributed by atoms with Gasteiger partial charge in [0.1, 0.15) is 10.8 Å².